The largest absolute Gasteiger partial charge is 0.326 e. The van der Waals surface area contributed by atoms with Gasteiger partial charge in [0.05, 0.1) is 11.9 Å². The molecule has 2 aromatic rings. The zero-order valence-electron chi connectivity index (χ0n) is 16.2. The van der Waals surface area contributed by atoms with Crippen LogP contribution in [0.5, 0.6) is 0 Å². The van der Waals surface area contributed by atoms with E-state index in [9.17, 15) is 13.2 Å². The first-order valence-electron chi connectivity index (χ1n) is 8.69. The van der Waals surface area contributed by atoms with E-state index in [2.05, 4.69) is 5.32 Å². The molecule has 0 atom stereocenters. The minimum absolute atomic E-state index is 0.123. The monoisotopic (exact) mass is 406 g/mol. The van der Waals surface area contributed by atoms with Gasteiger partial charge in [-0.25, -0.2) is 8.42 Å². The third kappa shape index (κ3) is 6.59. The first-order valence-corrected chi connectivity index (χ1v) is 11.8. The Morgan fingerprint density at radius 1 is 1.11 bits per heavy atom. The van der Waals surface area contributed by atoms with Gasteiger partial charge in [0.15, 0.2) is 0 Å². The highest BCUT2D eigenvalue weighted by atomic mass is 32.2. The number of hydrogen-bond acceptors (Lipinski definition) is 4. The normalized spacial score (nSPS) is 11.3. The number of nitrogens with zero attached hydrogens (tertiary/aromatic N) is 1. The SMILES string of the molecule is CSc1cccc(NC(=O)CCCN(c2cc(C)cc(C)c2)S(C)(=O)=O)c1. The standard InChI is InChI=1S/C20H26N2O3S2/c1-15-11-16(2)13-18(12-15)22(27(4,24)25)10-6-9-20(23)21-17-7-5-8-19(14-17)26-3/h5,7-8,11-14H,6,9-10H2,1-4H3,(H,21,23). The average molecular weight is 407 g/mol. The first-order chi connectivity index (χ1) is 12.7. The molecule has 0 saturated carbocycles. The van der Waals surface area contributed by atoms with E-state index in [1.54, 1.807) is 11.8 Å². The highest BCUT2D eigenvalue weighted by Crippen LogP contribution is 2.22. The van der Waals surface area contributed by atoms with Crippen molar-refractivity contribution < 1.29 is 13.2 Å². The second kappa shape index (κ2) is 9.28. The van der Waals surface area contributed by atoms with E-state index in [0.29, 0.717) is 12.1 Å². The molecule has 0 spiro atoms. The molecule has 0 aliphatic carbocycles. The number of hydrogen-bond donors (Lipinski definition) is 1. The lowest BCUT2D eigenvalue weighted by Gasteiger charge is -2.23. The molecule has 2 rings (SSSR count). The van der Waals surface area contributed by atoms with Crippen LogP contribution in [0, 0.1) is 13.8 Å². The van der Waals surface area contributed by atoms with E-state index < -0.39 is 10.0 Å². The molecule has 0 aromatic heterocycles. The number of carbonyl (C=O) groups is 1. The third-order valence-corrected chi connectivity index (χ3v) is 5.93. The van der Waals surface area contributed by atoms with Crippen molar-refractivity contribution in [3.63, 3.8) is 0 Å². The molecule has 0 aliphatic heterocycles. The Bertz CT molecular complexity index is 891. The van der Waals surface area contributed by atoms with Gasteiger partial charge in [0.2, 0.25) is 15.9 Å². The zero-order chi connectivity index (χ0) is 20.0. The van der Waals surface area contributed by atoms with Gasteiger partial charge in [-0.2, -0.15) is 0 Å². The third-order valence-electron chi connectivity index (χ3n) is 4.01. The Labute approximate surface area is 166 Å². The van der Waals surface area contributed by atoms with Crippen LogP contribution in [-0.4, -0.2) is 33.4 Å². The predicted molar refractivity (Wildman–Crippen MR) is 114 cm³/mol. The van der Waals surface area contributed by atoms with E-state index in [0.717, 1.165) is 21.7 Å². The lowest BCUT2D eigenvalue weighted by molar-refractivity contribution is -0.116. The van der Waals surface area contributed by atoms with Gasteiger partial charge in [0.25, 0.3) is 0 Å². The number of nitrogens with one attached hydrogen (secondary N) is 1. The Hall–Kier alpha value is -1.99. The van der Waals surface area contributed by atoms with Crippen LogP contribution in [0.1, 0.15) is 24.0 Å². The van der Waals surface area contributed by atoms with E-state index in [-0.39, 0.29) is 18.9 Å². The van der Waals surface area contributed by atoms with Crippen molar-refractivity contribution in [1.29, 1.82) is 0 Å². The highest BCUT2D eigenvalue weighted by molar-refractivity contribution is 7.98. The van der Waals surface area contributed by atoms with Crippen LogP contribution in [0.15, 0.2) is 47.4 Å². The number of carbonyl (C=O) groups excluding carboxylic acids is 1. The van der Waals surface area contributed by atoms with Gasteiger partial charge in [-0.1, -0.05) is 12.1 Å². The van der Waals surface area contributed by atoms with Crippen molar-refractivity contribution >= 4 is 39.1 Å². The number of thioether (sulfide) groups is 1. The maximum atomic E-state index is 12.2. The lowest BCUT2D eigenvalue weighted by atomic mass is 10.1. The summed E-state index contributed by atoms with van der Waals surface area (Å²) in [5.74, 6) is -0.123. The maximum Gasteiger partial charge on any atom is 0.232 e. The van der Waals surface area contributed by atoms with Crippen LogP contribution in [-0.2, 0) is 14.8 Å². The number of rotatable bonds is 8. The van der Waals surface area contributed by atoms with Crippen LogP contribution in [0.25, 0.3) is 0 Å². The molecule has 0 aliphatic rings. The summed E-state index contributed by atoms with van der Waals surface area (Å²) >= 11 is 1.61. The molecule has 0 fully saturated rings. The highest BCUT2D eigenvalue weighted by Gasteiger charge is 2.18. The second-order valence-electron chi connectivity index (χ2n) is 6.56. The Kier molecular flexibility index (Phi) is 7.33. The van der Waals surface area contributed by atoms with Crippen molar-refractivity contribution in [2.45, 2.75) is 31.6 Å². The van der Waals surface area contributed by atoms with E-state index >= 15 is 0 Å². The zero-order valence-corrected chi connectivity index (χ0v) is 17.8. The number of anilines is 2. The quantitative estimate of drug-likeness (QED) is 0.667. The molecule has 1 N–H and O–H groups in total. The molecule has 0 heterocycles. The fraction of sp³-hybridized carbons (Fsp3) is 0.350. The molecule has 0 saturated heterocycles. The Morgan fingerprint density at radius 3 is 2.37 bits per heavy atom. The van der Waals surface area contributed by atoms with Crippen molar-refractivity contribution in [3.8, 4) is 0 Å². The summed E-state index contributed by atoms with van der Waals surface area (Å²) in [6.45, 7) is 4.14. The summed E-state index contributed by atoms with van der Waals surface area (Å²) in [5.41, 5.74) is 3.40. The topological polar surface area (TPSA) is 66.5 Å². The van der Waals surface area contributed by atoms with E-state index in [1.807, 2.05) is 62.6 Å². The Balaban J connectivity index is 2.00. The molecule has 0 unspecified atom stereocenters. The molecule has 27 heavy (non-hydrogen) atoms. The van der Waals surface area contributed by atoms with Crippen molar-refractivity contribution in [3.05, 3.63) is 53.6 Å². The second-order valence-corrected chi connectivity index (χ2v) is 9.35. The van der Waals surface area contributed by atoms with Gasteiger partial charge in [-0.15, -0.1) is 11.8 Å². The maximum absolute atomic E-state index is 12.2. The number of sulfonamides is 1. The van der Waals surface area contributed by atoms with Crippen molar-refractivity contribution in [1.82, 2.24) is 0 Å². The summed E-state index contributed by atoms with van der Waals surface area (Å²) < 4.78 is 25.8. The Morgan fingerprint density at radius 2 is 1.78 bits per heavy atom. The minimum atomic E-state index is -3.42. The number of amides is 1. The molecule has 2 aromatic carbocycles. The smallest absolute Gasteiger partial charge is 0.232 e. The fourth-order valence-corrected chi connectivity index (χ4v) is 4.30. The molecule has 0 radical (unpaired) electrons. The van der Waals surface area contributed by atoms with Crippen LogP contribution in [0.4, 0.5) is 11.4 Å². The molecule has 7 heteroatoms. The number of aryl methyl sites for hydroxylation is 2. The molecule has 1 amide bonds. The molecular weight excluding hydrogens is 380 g/mol. The van der Waals surface area contributed by atoms with Gasteiger partial charge in [-0.3, -0.25) is 9.10 Å². The average Bonchev–Trinajstić information content (AvgIpc) is 2.56. The van der Waals surface area contributed by atoms with Crippen molar-refractivity contribution in [2.24, 2.45) is 0 Å². The summed E-state index contributed by atoms with van der Waals surface area (Å²) in [5, 5.41) is 2.87. The van der Waals surface area contributed by atoms with Crippen LogP contribution in [0.3, 0.4) is 0 Å². The first kappa shape index (κ1) is 21.3. The summed E-state index contributed by atoms with van der Waals surface area (Å²) in [6, 6.07) is 13.3. The van der Waals surface area contributed by atoms with E-state index in [1.165, 1.54) is 10.6 Å². The van der Waals surface area contributed by atoms with Crippen LogP contribution >= 0.6 is 11.8 Å². The predicted octanol–water partition coefficient (Wildman–Crippen LogP) is 4.21. The van der Waals surface area contributed by atoms with Gasteiger partial charge in [-0.05, 0) is 68.0 Å². The molecule has 0 bridgehead atoms. The van der Waals surface area contributed by atoms with Gasteiger partial charge in [0, 0.05) is 23.5 Å². The van der Waals surface area contributed by atoms with Crippen LogP contribution < -0.4 is 9.62 Å². The molecule has 5 nitrogen and oxygen atoms in total. The van der Waals surface area contributed by atoms with Crippen LogP contribution in [0.2, 0.25) is 0 Å². The molecular formula is C20H26N2O3S2. The van der Waals surface area contributed by atoms with Crippen molar-refractivity contribution in [2.75, 3.05) is 28.7 Å². The van der Waals surface area contributed by atoms with E-state index in [4.69, 9.17) is 0 Å². The van der Waals surface area contributed by atoms with Gasteiger partial charge < -0.3 is 5.32 Å². The fourth-order valence-electron chi connectivity index (χ4n) is 2.89. The van der Waals surface area contributed by atoms with Gasteiger partial charge >= 0.3 is 0 Å². The van der Waals surface area contributed by atoms with Gasteiger partial charge in [0.1, 0.15) is 0 Å². The summed E-state index contributed by atoms with van der Waals surface area (Å²) in [4.78, 5) is 13.3. The summed E-state index contributed by atoms with van der Waals surface area (Å²) in [6.07, 6.45) is 3.86. The molecule has 146 valence electrons. The minimum Gasteiger partial charge on any atom is -0.326 e. The summed E-state index contributed by atoms with van der Waals surface area (Å²) in [7, 11) is -3.42. The lowest BCUT2D eigenvalue weighted by Crippen LogP contribution is -2.31. The number of benzene rings is 2.